The number of rotatable bonds is 3. The van der Waals surface area contributed by atoms with Crippen LogP contribution in [-0.4, -0.2) is 15.0 Å². The predicted octanol–water partition coefficient (Wildman–Crippen LogP) is 2.23. The number of nitrogen functional groups attached to an aromatic ring is 1. The second-order valence-electron chi connectivity index (χ2n) is 4.90. The Bertz CT molecular complexity index is 559. The second kappa shape index (κ2) is 4.37. The molecular formula is C14H16N4. The van der Waals surface area contributed by atoms with Crippen LogP contribution in [0, 0.1) is 6.92 Å². The van der Waals surface area contributed by atoms with E-state index >= 15 is 0 Å². The molecule has 1 heterocycles. The summed E-state index contributed by atoms with van der Waals surface area (Å²) in [6, 6.07) is 8.40. The van der Waals surface area contributed by atoms with Crippen molar-refractivity contribution in [2.75, 3.05) is 5.73 Å². The van der Waals surface area contributed by atoms with E-state index in [-0.39, 0.29) is 0 Å². The van der Waals surface area contributed by atoms with Crippen molar-refractivity contribution in [1.82, 2.24) is 15.0 Å². The minimum atomic E-state index is 0.342. The molecule has 0 radical (unpaired) electrons. The van der Waals surface area contributed by atoms with E-state index in [1.165, 1.54) is 24.0 Å². The van der Waals surface area contributed by atoms with Gasteiger partial charge < -0.3 is 5.73 Å². The van der Waals surface area contributed by atoms with Gasteiger partial charge in [0.25, 0.3) is 0 Å². The molecule has 1 aromatic heterocycles. The van der Waals surface area contributed by atoms with Crippen molar-refractivity contribution in [1.29, 1.82) is 0 Å². The molecule has 1 aliphatic carbocycles. The molecule has 2 aromatic rings. The average Bonchev–Trinajstić information content (AvgIpc) is 3.15. The molecular weight excluding hydrogens is 224 g/mol. The highest BCUT2D eigenvalue weighted by molar-refractivity contribution is 5.26. The number of aromatic nitrogens is 3. The van der Waals surface area contributed by atoms with Gasteiger partial charge in [-0.2, -0.15) is 9.97 Å². The zero-order valence-corrected chi connectivity index (χ0v) is 10.4. The molecule has 0 atom stereocenters. The molecule has 4 heteroatoms. The maximum atomic E-state index is 5.74. The highest BCUT2D eigenvalue weighted by Gasteiger charge is 2.27. The highest BCUT2D eigenvalue weighted by atomic mass is 15.1. The van der Waals surface area contributed by atoms with Gasteiger partial charge >= 0.3 is 0 Å². The fraction of sp³-hybridized carbons (Fsp3) is 0.357. The van der Waals surface area contributed by atoms with Crippen LogP contribution in [0.25, 0.3) is 0 Å². The lowest BCUT2D eigenvalue weighted by atomic mass is 10.1. The molecule has 0 unspecified atom stereocenters. The summed E-state index contributed by atoms with van der Waals surface area (Å²) in [5, 5.41) is 0. The molecule has 0 amide bonds. The van der Waals surface area contributed by atoms with Crippen LogP contribution in [-0.2, 0) is 6.42 Å². The summed E-state index contributed by atoms with van der Waals surface area (Å²) in [6.07, 6.45) is 3.06. The van der Waals surface area contributed by atoms with Crippen molar-refractivity contribution in [2.24, 2.45) is 0 Å². The second-order valence-corrected chi connectivity index (χ2v) is 4.90. The molecule has 1 aliphatic rings. The lowest BCUT2D eigenvalue weighted by Gasteiger charge is -2.04. The average molecular weight is 240 g/mol. The van der Waals surface area contributed by atoms with Crippen molar-refractivity contribution < 1.29 is 0 Å². The summed E-state index contributed by atoms with van der Waals surface area (Å²) in [7, 11) is 0. The van der Waals surface area contributed by atoms with Gasteiger partial charge in [0.1, 0.15) is 11.6 Å². The molecule has 3 rings (SSSR count). The van der Waals surface area contributed by atoms with E-state index in [0.717, 1.165) is 11.6 Å². The van der Waals surface area contributed by atoms with Crippen molar-refractivity contribution in [3.63, 3.8) is 0 Å². The topological polar surface area (TPSA) is 64.7 Å². The van der Waals surface area contributed by atoms with Gasteiger partial charge in [0.2, 0.25) is 5.95 Å². The Labute approximate surface area is 106 Å². The summed E-state index contributed by atoms with van der Waals surface area (Å²) in [6.45, 7) is 2.08. The van der Waals surface area contributed by atoms with Crippen LogP contribution in [0.2, 0.25) is 0 Å². The standard InChI is InChI=1S/C14H16N4/c1-9-2-4-10(5-3-9)8-12-16-13(11-6-7-11)18-14(15)17-12/h2-5,11H,6-8H2,1H3,(H2,15,16,17,18). The zero-order chi connectivity index (χ0) is 12.5. The van der Waals surface area contributed by atoms with Gasteiger partial charge in [0.15, 0.2) is 0 Å². The van der Waals surface area contributed by atoms with E-state index in [9.17, 15) is 0 Å². The monoisotopic (exact) mass is 240 g/mol. The number of hydrogen-bond donors (Lipinski definition) is 1. The van der Waals surface area contributed by atoms with Crippen LogP contribution < -0.4 is 5.73 Å². The van der Waals surface area contributed by atoms with Crippen molar-refractivity contribution >= 4 is 5.95 Å². The predicted molar refractivity (Wildman–Crippen MR) is 70.2 cm³/mol. The Kier molecular flexibility index (Phi) is 2.70. The van der Waals surface area contributed by atoms with E-state index in [1.54, 1.807) is 0 Å². The zero-order valence-electron chi connectivity index (χ0n) is 10.4. The van der Waals surface area contributed by atoms with Crippen molar-refractivity contribution in [3.05, 3.63) is 47.0 Å². The van der Waals surface area contributed by atoms with Gasteiger partial charge in [0, 0.05) is 12.3 Å². The number of anilines is 1. The first kappa shape index (κ1) is 11.1. The summed E-state index contributed by atoms with van der Waals surface area (Å²) >= 11 is 0. The van der Waals surface area contributed by atoms with Crippen LogP contribution in [0.5, 0.6) is 0 Å². The summed E-state index contributed by atoms with van der Waals surface area (Å²) in [5.74, 6) is 2.49. The van der Waals surface area contributed by atoms with Crippen molar-refractivity contribution in [3.8, 4) is 0 Å². The van der Waals surface area contributed by atoms with Gasteiger partial charge in [-0.15, -0.1) is 0 Å². The number of aryl methyl sites for hydroxylation is 1. The van der Waals surface area contributed by atoms with Crippen LogP contribution in [0.1, 0.15) is 41.5 Å². The van der Waals surface area contributed by atoms with Gasteiger partial charge in [-0.25, -0.2) is 4.98 Å². The van der Waals surface area contributed by atoms with Gasteiger partial charge in [0.05, 0.1) is 0 Å². The number of nitrogens with two attached hydrogens (primary N) is 1. The Hall–Kier alpha value is -1.97. The summed E-state index contributed by atoms with van der Waals surface area (Å²) < 4.78 is 0. The number of benzene rings is 1. The van der Waals surface area contributed by atoms with E-state index < -0.39 is 0 Å². The quantitative estimate of drug-likeness (QED) is 0.893. The highest BCUT2D eigenvalue weighted by Crippen LogP contribution is 2.38. The van der Waals surface area contributed by atoms with E-state index in [4.69, 9.17) is 5.73 Å². The number of hydrogen-bond acceptors (Lipinski definition) is 4. The summed E-state index contributed by atoms with van der Waals surface area (Å²) in [5.41, 5.74) is 8.20. The fourth-order valence-corrected chi connectivity index (χ4v) is 1.95. The Morgan fingerprint density at radius 1 is 1.11 bits per heavy atom. The maximum Gasteiger partial charge on any atom is 0.223 e. The molecule has 1 fully saturated rings. The van der Waals surface area contributed by atoms with Gasteiger partial charge in [-0.1, -0.05) is 29.8 Å². The van der Waals surface area contributed by atoms with Crippen LogP contribution in [0.3, 0.4) is 0 Å². The molecule has 2 N–H and O–H groups in total. The third kappa shape index (κ3) is 2.47. The molecule has 0 saturated heterocycles. The molecule has 4 nitrogen and oxygen atoms in total. The minimum absolute atomic E-state index is 0.342. The Balaban J connectivity index is 1.85. The molecule has 92 valence electrons. The smallest absolute Gasteiger partial charge is 0.223 e. The van der Waals surface area contributed by atoms with E-state index in [2.05, 4.69) is 46.1 Å². The first-order valence-electron chi connectivity index (χ1n) is 6.26. The van der Waals surface area contributed by atoms with Crippen molar-refractivity contribution in [2.45, 2.75) is 32.1 Å². The molecule has 1 saturated carbocycles. The maximum absolute atomic E-state index is 5.74. The van der Waals surface area contributed by atoms with Crippen LogP contribution >= 0.6 is 0 Å². The van der Waals surface area contributed by atoms with Gasteiger partial charge in [-0.3, -0.25) is 0 Å². The van der Waals surface area contributed by atoms with Crippen LogP contribution in [0.4, 0.5) is 5.95 Å². The largest absolute Gasteiger partial charge is 0.368 e. The molecule has 0 bridgehead atoms. The lowest BCUT2D eigenvalue weighted by molar-refractivity contribution is 0.838. The van der Waals surface area contributed by atoms with Crippen LogP contribution in [0.15, 0.2) is 24.3 Å². The minimum Gasteiger partial charge on any atom is -0.368 e. The molecule has 0 spiro atoms. The first-order valence-corrected chi connectivity index (χ1v) is 6.26. The fourth-order valence-electron chi connectivity index (χ4n) is 1.95. The summed E-state index contributed by atoms with van der Waals surface area (Å²) in [4.78, 5) is 12.9. The normalized spacial score (nSPS) is 14.7. The molecule has 18 heavy (non-hydrogen) atoms. The lowest BCUT2D eigenvalue weighted by Crippen LogP contribution is -2.07. The Morgan fingerprint density at radius 3 is 2.50 bits per heavy atom. The Morgan fingerprint density at radius 2 is 1.83 bits per heavy atom. The third-order valence-electron chi connectivity index (χ3n) is 3.14. The van der Waals surface area contributed by atoms with Gasteiger partial charge in [-0.05, 0) is 25.3 Å². The third-order valence-corrected chi connectivity index (χ3v) is 3.14. The number of nitrogens with zero attached hydrogens (tertiary/aromatic N) is 3. The first-order chi connectivity index (χ1) is 8.70. The van der Waals surface area contributed by atoms with E-state index in [0.29, 0.717) is 18.3 Å². The molecule has 0 aliphatic heterocycles. The van der Waals surface area contributed by atoms with E-state index in [1.807, 2.05) is 0 Å². The SMILES string of the molecule is Cc1ccc(Cc2nc(N)nc(C3CC3)n2)cc1. The molecule has 1 aromatic carbocycles.